The number of nitrogens with zero attached hydrogens (tertiary/aromatic N) is 4. The molecule has 2 aliphatic rings. The molecule has 2 aromatic heterocycles. The summed E-state index contributed by atoms with van der Waals surface area (Å²) in [6.45, 7) is 12.1. The van der Waals surface area contributed by atoms with E-state index in [1.165, 1.54) is 0 Å². The molecular weight excluding hydrogens is 496 g/mol. The number of morpholine rings is 1. The number of benzene rings is 1. The number of ether oxygens (including phenoxy) is 2. The molecule has 0 spiro atoms. The number of aliphatic hydroxyl groups excluding tert-OH is 1. The van der Waals surface area contributed by atoms with Crippen molar-refractivity contribution < 1.29 is 24.2 Å². The van der Waals surface area contributed by atoms with Crippen molar-refractivity contribution in [3.8, 4) is 5.75 Å². The third-order valence-electron chi connectivity index (χ3n) is 7.39. The van der Waals surface area contributed by atoms with Gasteiger partial charge < -0.3 is 23.9 Å². The number of carbonyl (C=O) groups excluding carboxylic acids is 2. The molecule has 5 rings (SSSR count). The molecule has 204 valence electrons. The number of aryl methyl sites for hydroxylation is 2. The third-order valence-corrected chi connectivity index (χ3v) is 7.39. The van der Waals surface area contributed by atoms with Crippen LogP contribution < -0.4 is 4.74 Å². The van der Waals surface area contributed by atoms with Gasteiger partial charge in [0.1, 0.15) is 23.7 Å². The van der Waals surface area contributed by atoms with Crippen molar-refractivity contribution in [1.82, 2.24) is 19.2 Å². The normalized spacial score (nSPS) is 19.6. The van der Waals surface area contributed by atoms with Crippen LogP contribution in [0.15, 0.2) is 60.8 Å². The lowest BCUT2D eigenvalue weighted by molar-refractivity contribution is -0.140. The van der Waals surface area contributed by atoms with E-state index in [0.717, 1.165) is 25.2 Å². The molecular formula is C30H34N4O5. The molecule has 1 atom stereocenters. The first-order valence-corrected chi connectivity index (χ1v) is 13.3. The van der Waals surface area contributed by atoms with E-state index in [0.29, 0.717) is 61.1 Å². The van der Waals surface area contributed by atoms with E-state index in [2.05, 4.69) is 16.5 Å². The summed E-state index contributed by atoms with van der Waals surface area (Å²) in [6, 6.07) is 10.4. The second kappa shape index (κ2) is 11.4. The number of ketones is 1. The lowest BCUT2D eigenvalue weighted by Crippen LogP contribution is -2.38. The Morgan fingerprint density at radius 3 is 2.59 bits per heavy atom. The zero-order chi connectivity index (χ0) is 27.5. The number of rotatable bonds is 9. The van der Waals surface area contributed by atoms with Gasteiger partial charge in [0.15, 0.2) is 5.76 Å². The lowest BCUT2D eigenvalue weighted by Gasteiger charge is -2.29. The largest absolute Gasteiger partial charge is 0.505 e. The molecule has 2 saturated heterocycles. The summed E-state index contributed by atoms with van der Waals surface area (Å²) in [5.74, 6) is -0.937. The Bertz CT molecular complexity index is 1420. The molecule has 0 aliphatic carbocycles. The average molecular weight is 531 g/mol. The molecule has 1 unspecified atom stereocenters. The fourth-order valence-corrected chi connectivity index (χ4v) is 5.32. The highest BCUT2D eigenvalue weighted by molar-refractivity contribution is 6.46. The van der Waals surface area contributed by atoms with Gasteiger partial charge in [-0.05, 0) is 49.6 Å². The van der Waals surface area contributed by atoms with Crippen LogP contribution in [0.5, 0.6) is 5.75 Å². The number of aliphatic hydroxyl groups is 1. The van der Waals surface area contributed by atoms with Gasteiger partial charge in [-0.2, -0.15) is 0 Å². The number of hydrogen-bond acceptors (Lipinski definition) is 7. The van der Waals surface area contributed by atoms with Gasteiger partial charge in [0, 0.05) is 32.4 Å². The van der Waals surface area contributed by atoms with E-state index >= 15 is 0 Å². The summed E-state index contributed by atoms with van der Waals surface area (Å²) >= 11 is 0. The number of Topliss-reactive ketones (excluding diaryl/α,β-unsaturated/α-hetero) is 1. The molecule has 9 heteroatoms. The smallest absolute Gasteiger partial charge is 0.295 e. The highest BCUT2D eigenvalue weighted by Gasteiger charge is 2.46. The van der Waals surface area contributed by atoms with E-state index in [1.54, 1.807) is 23.1 Å². The second-order valence-electron chi connectivity index (χ2n) is 9.90. The maximum atomic E-state index is 13.5. The number of amides is 1. The quantitative estimate of drug-likeness (QED) is 0.195. The molecule has 39 heavy (non-hydrogen) atoms. The molecule has 3 aromatic rings. The van der Waals surface area contributed by atoms with Crippen molar-refractivity contribution in [3.63, 3.8) is 0 Å². The van der Waals surface area contributed by atoms with Gasteiger partial charge in [-0.3, -0.25) is 14.5 Å². The summed E-state index contributed by atoms with van der Waals surface area (Å²) < 4.78 is 12.9. The summed E-state index contributed by atoms with van der Waals surface area (Å²) in [5, 5.41) is 11.6. The third kappa shape index (κ3) is 5.20. The van der Waals surface area contributed by atoms with Gasteiger partial charge in [0.05, 0.1) is 30.5 Å². The zero-order valence-corrected chi connectivity index (χ0v) is 22.4. The Hall–Kier alpha value is -3.95. The number of likely N-dealkylation sites (tertiary alicyclic amines) is 1. The molecule has 2 aliphatic heterocycles. The summed E-state index contributed by atoms with van der Waals surface area (Å²) in [5.41, 5.74) is 3.38. The van der Waals surface area contributed by atoms with Gasteiger partial charge in [-0.1, -0.05) is 30.9 Å². The minimum atomic E-state index is -0.742. The monoisotopic (exact) mass is 530 g/mol. The number of carbonyl (C=O) groups is 2. The van der Waals surface area contributed by atoms with Gasteiger partial charge in [-0.15, -0.1) is 0 Å². The fourth-order valence-electron chi connectivity index (χ4n) is 5.32. The first-order chi connectivity index (χ1) is 18.9. The molecule has 1 aromatic carbocycles. The summed E-state index contributed by atoms with van der Waals surface area (Å²) in [4.78, 5) is 35.4. The Labute approximate surface area is 228 Å². The molecule has 9 nitrogen and oxygen atoms in total. The van der Waals surface area contributed by atoms with Crippen LogP contribution in [0.25, 0.3) is 11.4 Å². The number of pyridine rings is 1. The predicted octanol–water partition coefficient (Wildman–Crippen LogP) is 3.66. The lowest BCUT2D eigenvalue weighted by atomic mass is 9.96. The highest BCUT2D eigenvalue weighted by atomic mass is 16.5. The Morgan fingerprint density at radius 1 is 1.15 bits per heavy atom. The number of aromatic nitrogens is 2. The van der Waals surface area contributed by atoms with Gasteiger partial charge in [0.2, 0.25) is 0 Å². The average Bonchev–Trinajstić information content (AvgIpc) is 3.42. The van der Waals surface area contributed by atoms with Crippen LogP contribution >= 0.6 is 0 Å². The minimum Gasteiger partial charge on any atom is -0.505 e. The van der Waals surface area contributed by atoms with E-state index in [9.17, 15) is 14.7 Å². The van der Waals surface area contributed by atoms with Crippen molar-refractivity contribution in [1.29, 1.82) is 0 Å². The molecule has 1 amide bonds. The van der Waals surface area contributed by atoms with Crippen LogP contribution in [0.1, 0.15) is 35.0 Å². The van der Waals surface area contributed by atoms with Gasteiger partial charge in [0.25, 0.3) is 11.7 Å². The minimum absolute atomic E-state index is 0.0512. The fraction of sp³-hybridized carbons (Fsp3) is 0.367. The second-order valence-corrected chi connectivity index (χ2v) is 9.90. The van der Waals surface area contributed by atoms with Crippen LogP contribution in [0.2, 0.25) is 0 Å². The Kier molecular flexibility index (Phi) is 7.81. The van der Waals surface area contributed by atoms with E-state index in [-0.39, 0.29) is 11.3 Å². The summed E-state index contributed by atoms with van der Waals surface area (Å²) in [6.07, 6.45) is 4.22. The maximum absolute atomic E-state index is 13.5. The topological polar surface area (TPSA) is 96.6 Å². The van der Waals surface area contributed by atoms with Crippen molar-refractivity contribution >= 4 is 23.1 Å². The van der Waals surface area contributed by atoms with Crippen LogP contribution in [0.3, 0.4) is 0 Å². The van der Waals surface area contributed by atoms with Crippen molar-refractivity contribution in [3.05, 3.63) is 83.3 Å². The SMILES string of the molecule is C=CCOc1ccc(C2C(=C(O)c3nc4c(C)cccn4c3C)C(=O)C(=O)N2CCCN2CCOCC2)cc1. The Morgan fingerprint density at radius 2 is 1.90 bits per heavy atom. The molecule has 0 radical (unpaired) electrons. The van der Waals surface area contributed by atoms with Crippen LogP contribution in [0.4, 0.5) is 0 Å². The van der Waals surface area contributed by atoms with E-state index in [1.807, 2.05) is 48.7 Å². The standard InChI is InChI=1S/C30H34N4O5/c1-4-17-39-23-10-8-22(9-11-23)26-24(27(35)25-21(3)33-13-5-7-20(2)29(33)31-25)28(36)30(37)34(26)14-6-12-32-15-18-38-19-16-32/h4-5,7-11,13,26,35H,1,6,12,14-19H2,2-3H3. The number of imidazole rings is 1. The first-order valence-electron chi connectivity index (χ1n) is 13.3. The van der Waals surface area contributed by atoms with Crippen molar-refractivity contribution in [2.24, 2.45) is 0 Å². The van der Waals surface area contributed by atoms with Crippen molar-refractivity contribution in [2.45, 2.75) is 26.3 Å². The van der Waals surface area contributed by atoms with Crippen LogP contribution in [0, 0.1) is 13.8 Å². The predicted molar refractivity (Wildman–Crippen MR) is 148 cm³/mol. The molecule has 0 bridgehead atoms. The Balaban J connectivity index is 1.53. The maximum Gasteiger partial charge on any atom is 0.295 e. The molecule has 1 N–H and O–H groups in total. The summed E-state index contributed by atoms with van der Waals surface area (Å²) in [7, 11) is 0. The molecule has 2 fully saturated rings. The highest BCUT2D eigenvalue weighted by Crippen LogP contribution is 2.40. The molecule has 0 saturated carbocycles. The van der Waals surface area contributed by atoms with Crippen molar-refractivity contribution in [2.75, 3.05) is 46.0 Å². The van der Waals surface area contributed by atoms with E-state index < -0.39 is 17.7 Å². The van der Waals surface area contributed by atoms with Gasteiger partial charge >= 0.3 is 0 Å². The zero-order valence-electron chi connectivity index (χ0n) is 22.4. The number of fused-ring (bicyclic) bond motifs is 1. The van der Waals surface area contributed by atoms with Crippen LogP contribution in [-0.4, -0.2) is 82.0 Å². The number of hydrogen-bond donors (Lipinski definition) is 1. The molecule has 4 heterocycles. The van der Waals surface area contributed by atoms with Crippen LogP contribution in [-0.2, 0) is 14.3 Å². The van der Waals surface area contributed by atoms with E-state index in [4.69, 9.17) is 9.47 Å². The van der Waals surface area contributed by atoms with Gasteiger partial charge in [-0.25, -0.2) is 4.98 Å². The first kappa shape index (κ1) is 26.6.